The molecular formula is C30H32N6O. The van der Waals surface area contributed by atoms with Gasteiger partial charge in [-0.05, 0) is 68.6 Å². The predicted molar refractivity (Wildman–Crippen MR) is 146 cm³/mol. The molecule has 37 heavy (non-hydrogen) atoms. The molecule has 0 radical (unpaired) electrons. The van der Waals surface area contributed by atoms with Gasteiger partial charge in [0.15, 0.2) is 0 Å². The molecule has 3 saturated heterocycles. The molecule has 4 fully saturated rings. The average molecular weight is 493 g/mol. The maximum absolute atomic E-state index is 13.8. The molecule has 8 rings (SSSR count). The first kappa shape index (κ1) is 22.5. The van der Waals surface area contributed by atoms with Gasteiger partial charge in [0.1, 0.15) is 0 Å². The Kier molecular flexibility index (Phi) is 4.95. The summed E-state index contributed by atoms with van der Waals surface area (Å²) in [6.07, 6.45) is 6.95. The molecular weight excluding hydrogens is 460 g/mol. The van der Waals surface area contributed by atoms with E-state index in [1.54, 1.807) is 4.68 Å². The summed E-state index contributed by atoms with van der Waals surface area (Å²) in [4.78, 5) is 23.6. The van der Waals surface area contributed by atoms with Gasteiger partial charge in [-0.3, -0.25) is 14.4 Å². The van der Waals surface area contributed by atoms with Crippen molar-refractivity contribution in [3.63, 3.8) is 0 Å². The van der Waals surface area contributed by atoms with Gasteiger partial charge in [0.25, 0.3) is 5.91 Å². The molecule has 7 heteroatoms. The highest BCUT2D eigenvalue weighted by Gasteiger charge is 2.47. The predicted octanol–water partition coefficient (Wildman–Crippen LogP) is 4.26. The van der Waals surface area contributed by atoms with Crippen LogP contribution in [0.2, 0.25) is 0 Å². The van der Waals surface area contributed by atoms with Gasteiger partial charge >= 0.3 is 0 Å². The van der Waals surface area contributed by atoms with Crippen LogP contribution in [0.1, 0.15) is 40.7 Å². The number of aryl methyl sites for hydroxylation is 2. The highest BCUT2D eigenvalue weighted by atomic mass is 16.1. The van der Waals surface area contributed by atoms with E-state index in [0.29, 0.717) is 12.1 Å². The highest BCUT2D eigenvalue weighted by molar-refractivity contribution is 5.98. The van der Waals surface area contributed by atoms with Gasteiger partial charge in [-0.1, -0.05) is 24.3 Å². The number of rotatable bonds is 5. The second-order valence-electron chi connectivity index (χ2n) is 11.1. The first-order chi connectivity index (χ1) is 17.9. The molecule has 3 aliphatic heterocycles. The molecule has 2 aromatic heterocycles. The van der Waals surface area contributed by atoms with Crippen molar-refractivity contribution in [2.45, 2.75) is 43.8 Å². The molecule has 1 saturated carbocycles. The number of para-hydroxylation sites is 1. The number of nitrogens with one attached hydrogen (secondary N) is 1. The summed E-state index contributed by atoms with van der Waals surface area (Å²) < 4.78 is 1.79. The molecule has 0 unspecified atom stereocenters. The molecule has 4 aromatic rings. The normalized spacial score (nSPS) is 22.1. The zero-order chi connectivity index (χ0) is 25.3. The van der Waals surface area contributed by atoms with Crippen molar-refractivity contribution in [2.24, 2.45) is 7.05 Å². The van der Waals surface area contributed by atoms with Crippen LogP contribution in [0.3, 0.4) is 0 Å². The van der Waals surface area contributed by atoms with Gasteiger partial charge in [-0.2, -0.15) is 5.10 Å². The number of likely N-dealkylation sites (N-methyl/N-ethyl adjacent to an activating group) is 1. The van der Waals surface area contributed by atoms with Crippen LogP contribution in [-0.2, 0) is 12.6 Å². The number of hydrogen-bond donors (Lipinski definition) is 1. The van der Waals surface area contributed by atoms with Gasteiger partial charge < -0.3 is 10.2 Å². The van der Waals surface area contributed by atoms with Gasteiger partial charge in [0, 0.05) is 60.6 Å². The van der Waals surface area contributed by atoms with Crippen LogP contribution in [-0.4, -0.2) is 57.8 Å². The largest absolute Gasteiger partial charge is 0.368 e. The standard InChI is InChI=1S/C30H32N6O/c1-19-8-9-21(36-17-22-12-23(18-36)35(22)3)13-25(19)29(37)33-30(10-11-30)26-14-28(20-15-31-34(2)16-20)32-27-7-5-4-6-24(26)27/h4-9,13-16,22-23H,10-12,17-18H2,1-3H3,(H,33,37)/t22-,23+. The number of fused-ring (bicyclic) bond motifs is 3. The number of benzene rings is 2. The Balaban J connectivity index is 1.21. The van der Waals surface area contributed by atoms with Crippen LogP contribution in [0.5, 0.6) is 0 Å². The molecule has 2 aromatic carbocycles. The Bertz CT molecular complexity index is 1520. The number of piperazine rings is 1. The van der Waals surface area contributed by atoms with E-state index >= 15 is 0 Å². The Hall–Kier alpha value is -3.71. The number of carbonyl (C=O) groups is 1. The van der Waals surface area contributed by atoms with Crippen molar-refractivity contribution < 1.29 is 4.79 Å². The number of nitrogens with zero attached hydrogens (tertiary/aromatic N) is 5. The topological polar surface area (TPSA) is 66.3 Å². The lowest BCUT2D eigenvalue weighted by Crippen LogP contribution is -2.67. The van der Waals surface area contributed by atoms with E-state index in [2.05, 4.69) is 57.6 Å². The molecule has 2 atom stereocenters. The van der Waals surface area contributed by atoms with Gasteiger partial charge in [0.2, 0.25) is 0 Å². The van der Waals surface area contributed by atoms with E-state index in [-0.39, 0.29) is 11.4 Å². The van der Waals surface area contributed by atoms with E-state index in [4.69, 9.17) is 4.98 Å². The van der Waals surface area contributed by atoms with Gasteiger partial charge in [0.05, 0.1) is 22.9 Å². The zero-order valence-electron chi connectivity index (χ0n) is 21.6. The number of hydrogen-bond acceptors (Lipinski definition) is 5. The van der Waals surface area contributed by atoms with Crippen LogP contribution in [0.4, 0.5) is 5.69 Å². The van der Waals surface area contributed by atoms with Crippen LogP contribution in [0.25, 0.3) is 22.2 Å². The summed E-state index contributed by atoms with van der Waals surface area (Å²) >= 11 is 0. The number of aromatic nitrogens is 3. The fraction of sp³-hybridized carbons (Fsp3) is 0.367. The molecule has 1 aliphatic carbocycles. The number of carbonyl (C=O) groups excluding carboxylic acids is 1. The third-order valence-corrected chi connectivity index (χ3v) is 8.72. The van der Waals surface area contributed by atoms with Crippen molar-refractivity contribution in [1.29, 1.82) is 0 Å². The molecule has 188 valence electrons. The number of piperidine rings is 1. The highest BCUT2D eigenvalue weighted by Crippen LogP contribution is 2.49. The smallest absolute Gasteiger partial charge is 0.252 e. The van der Waals surface area contributed by atoms with Crippen LogP contribution >= 0.6 is 0 Å². The third-order valence-electron chi connectivity index (χ3n) is 8.72. The minimum absolute atomic E-state index is 0.0000388. The van der Waals surface area contributed by atoms with E-state index in [1.807, 2.05) is 44.6 Å². The minimum atomic E-state index is -0.380. The van der Waals surface area contributed by atoms with Gasteiger partial charge in [-0.25, -0.2) is 4.98 Å². The van der Waals surface area contributed by atoms with E-state index in [9.17, 15) is 4.79 Å². The first-order valence-corrected chi connectivity index (χ1v) is 13.2. The second-order valence-corrected chi connectivity index (χ2v) is 11.1. The molecule has 2 bridgehead atoms. The maximum atomic E-state index is 13.8. The lowest BCUT2D eigenvalue weighted by Gasteiger charge is -2.55. The summed E-state index contributed by atoms with van der Waals surface area (Å²) in [5.74, 6) is -0.0000388. The van der Waals surface area contributed by atoms with Crippen LogP contribution < -0.4 is 10.2 Å². The Labute approximate surface area is 217 Å². The van der Waals surface area contributed by atoms with Crippen molar-refractivity contribution in [1.82, 2.24) is 25.0 Å². The summed E-state index contributed by atoms with van der Waals surface area (Å²) in [7, 11) is 4.14. The molecule has 4 aliphatic rings. The average Bonchev–Trinajstić information content (AvgIpc) is 3.57. The van der Waals surface area contributed by atoms with Gasteiger partial charge in [-0.15, -0.1) is 0 Å². The van der Waals surface area contributed by atoms with Crippen molar-refractivity contribution >= 4 is 22.5 Å². The third kappa shape index (κ3) is 3.72. The van der Waals surface area contributed by atoms with Crippen molar-refractivity contribution in [3.05, 3.63) is 77.6 Å². The van der Waals surface area contributed by atoms with E-state index < -0.39 is 0 Å². The zero-order valence-corrected chi connectivity index (χ0v) is 21.6. The lowest BCUT2D eigenvalue weighted by molar-refractivity contribution is 0.0264. The second kappa shape index (κ2) is 8.15. The first-order valence-electron chi connectivity index (χ1n) is 13.2. The summed E-state index contributed by atoms with van der Waals surface area (Å²) in [6, 6.07) is 18.0. The Morgan fingerprint density at radius 1 is 1.05 bits per heavy atom. The molecule has 1 N–H and O–H groups in total. The molecule has 1 amide bonds. The summed E-state index contributed by atoms with van der Waals surface area (Å²) in [6.45, 7) is 4.09. The van der Waals surface area contributed by atoms with Crippen LogP contribution in [0, 0.1) is 6.92 Å². The fourth-order valence-corrected chi connectivity index (χ4v) is 6.20. The van der Waals surface area contributed by atoms with Crippen LogP contribution in [0.15, 0.2) is 60.9 Å². The molecule has 5 heterocycles. The number of anilines is 1. The Morgan fingerprint density at radius 3 is 2.54 bits per heavy atom. The number of amides is 1. The Morgan fingerprint density at radius 2 is 1.84 bits per heavy atom. The maximum Gasteiger partial charge on any atom is 0.252 e. The molecule has 7 nitrogen and oxygen atoms in total. The minimum Gasteiger partial charge on any atom is -0.368 e. The molecule has 0 spiro atoms. The van der Waals surface area contributed by atoms with Crippen molar-refractivity contribution in [3.8, 4) is 11.3 Å². The lowest BCUT2D eigenvalue weighted by atomic mass is 9.88. The van der Waals surface area contributed by atoms with E-state index in [0.717, 1.165) is 70.5 Å². The SMILES string of the molecule is Cc1ccc(N2C[C@H]3C[C@@H](C2)N3C)cc1C(=O)NC1(c2cc(-c3cnn(C)c3)nc3ccccc23)CC1. The quantitative estimate of drug-likeness (QED) is 0.451. The monoisotopic (exact) mass is 492 g/mol. The summed E-state index contributed by atoms with van der Waals surface area (Å²) in [5, 5.41) is 8.89. The van der Waals surface area contributed by atoms with Crippen molar-refractivity contribution in [2.75, 3.05) is 25.0 Å². The fourth-order valence-electron chi connectivity index (χ4n) is 6.20. The number of pyridine rings is 1. The summed E-state index contributed by atoms with van der Waals surface area (Å²) in [5.41, 5.74) is 6.48. The van der Waals surface area contributed by atoms with E-state index in [1.165, 1.54) is 6.42 Å².